The molecule has 1 saturated carbocycles. The maximum absolute atomic E-state index is 13.7. The van der Waals surface area contributed by atoms with Crippen molar-refractivity contribution in [2.45, 2.75) is 44.6 Å². The molecule has 2 heterocycles. The number of pyridine rings is 1. The molecule has 1 fully saturated rings. The van der Waals surface area contributed by atoms with Gasteiger partial charge in [0.15, 0.2) is 11.6 Å². The number of aromatic nitrogens is 3. The molecular formula is C15H19FN4O. The van der Waals surface area contributed by atoms with Gasteiger partial charge >= 0.3 is 0 Å². The summed E-state index contributed by atoms with van der Waals surface area (Å²) in [6.45, 7) is 2.20. The van der Waals surface area contributed by atoms with Crippen molar-refractivity contribution in [1.82, 2.24) is 15.1 Å². The highest BCUT2D eigenvalue weighted by Gasteiger charge is 2.37. The Hall–Kier alpha value is -1.82. The summed E-state index contributed by atoms with van der Waals surface area (Å²) in [4.78, 5) is 8.03. The highest BCUT2D eigenvalue weighted by Crippen LogP contribution is 2.38. The summed E-state index contributed by atoms with van der Waals surface area (Å²) < 4.78 is 18.9. The van der Waals surface area contributed by atoms with Crippen LogP contribution in [-0.2, 0) is 5.54 Å². The molecule has 0 unspecified atom stereocenters. The van der Waals surface area contributed by atoms with Gasteiger partial charge in [-0.05, 0) is 37.7 Å². The predicted octanol–water partition coefficient (Wildman–Crippen LogP) is 3.02. The molecule has 0 atom stereocenters. The van der Waals surface area contributed by atoms with Crippen molar-refractivity contribution >= 4 is 0 Å². The van der Waals surface area contributed by atoms with Crippen LogP contribution in [0.1, 0.15) is 44.9 Å². The molecule has 0 aromatic carbocycles. The third-order valence-electron chi connectivity index (χ3n) is 4.45. The van der Waals surface area contributed by atoms with E-state index < -0.39 is 11.4 Å². The van der Waals surface area contributed by atoms with Gasteiger partial charge in [0.1, 0.15) is 0 Å². The Morgan fingerprint density at radius 1 is 1.43 bits per heavy atom. The molecule has 2 aromatic heterocycles. The average molecular weight is 290 g/mol. The van der Waals surface area contributed by atoms with E-state index in [0.717, 1.165) is 37.8 Å². The lowest BCUT2D eigenvalue weighted by molar-refractivity contribution is 0.216. The molecule has 2 N–H and O–H groups in total. The van der Waals surface area contributed by atoms with Gasteiger partial charge in [-0.3, -0.25) is 4.98 Å². The fourth-order valence-corrected chi connectivity index (χ4v) is 2.91. The van der Waals surface area contributed by atoms with Crippen LogP contribution in [-0.4, -0.2) is 15.1 Å². The van der Waals surface area contributed by atoms with E-state index in [1.165, 1.54) is 18.7 Å². The van der Waals surface area contributed by atoms with Crippen molar-refractivity contribution < 1.29 is 8.91 Å². The van der Waals surface area contributed by atoms with E-state index in [2.05, 4.69) is 22.0 Å². The zero-order chi connectivity index (χ0) is 14.9. The molecule has 2 aromatic rings. The third-order valence-corrected chi connectivity index (χ3v) is 4.45. The molecule has 5 nitrogen and oxygen atoms in total. The van der Waals surface area contributed by atoms with Gasteiger partial charge in [0.05, 0.1) is 17.3 Å². The van der Waals surface area contributed by atoms with Crippen molar-refractivity contribution in [2.24, 2.45) is 11.7 Å². The molecule has 6 heteroatoms. The fourth-order valence-electron chi connectivity index (χ4n) is 2.91. The van der Waals surface area contributed by atoms with Crippen molar-refractivity contribution in [3.8, 4) is 11.5 Å². The molecule has 21 heavy (non-hydrogen) atoms. The second-order valence-electron chi connectivity index (χ2n) is 5.79. The van der Waals surface area contributed by atoms with E-state index in [-0.39, 0.29) is 11.5 Å². The highest BCUT2D eigenvalue weighted by molar-refractivity contribution is 5.52. The molecule has 112 valence electrons. The van der Waals surface area contributed by atoms with Gasteiger partial charge in [-0.25, -0.2) is 4.39 Å². The van der Waals surface area contributed by atoms with Crippen LogP contribution >= 0.6 is 0 Å². The Balaban J connectivity index is 1.84. The van der Waals surface area contributed by atoms with Crippen LogP contribution in [0.15, 0.2) is 23.0 Å². The van der Waals surface area contributed by atoms with Crippen LogP contribution in [0.5, 0.6) is 0 Å². The van der Waals surface area contributed by atoms with Gasteiger partial charge in [0.2, 0.25) is 0 Å². The highest BCUT2D eigenvalue weighted by atomic mass is 19.1. The summed E-state index contributed by atoms with van der Waals surface area (Å²) >= 11 is 0. The van der Waals surface area contributed by atoms with Crippen molar-refractivity contribution in [3.05, 3.63) is 30.1 Å². The zero-order valence-electron chi connectivity index (χ0n) is 12.1. The lowest BCUT2D eigenvalue weighted by Gasteiger charge is -2.34. The molecule has 0 amide bonds. The Kier molecular flexibility index (Phi) is 3.71. The number of hydrogen-bond donors (Lipinski definition) is 1. The van der Waals surface area contributed by atoms with Gasteiger partial charge in [-0.2, -0.15) is 4.98 Å². The molecule has 1 aliphatic rings. The van der Waals surface area contributed by atoms with Crippen molar-refractivity contribution in [3.63, 3.8) is 0 Å². The maximum atomic E-state index is 13.7. The number of hydrogen-bond acceptors (Lipinski definition) is 5. The van der Waals surface area contributed by atoms with Gasteiger partial charge in [0.25, 0.3) is 5.89 Å². The van der Waals surface area contributed by atoms with Gasteiger partial charge in [-0.1, -0.05) is 18.5 Å². The summed E-state index contributed by atoms with van der Waals surface area (Å²) in [6, 6.07) is 1.52. The van der Waals surface area contributed by atoms with E-state index >= 15 is 0 Å². The largest absolute Gasteiger partial charge is 0.334 e. The predicted molar refractivity (Wildman–Crippen MR) is 75.6 cm³/mol. The molecular weight excluding hydrogens is 271 g/mol. The minimum absolute atomic E-state index is 0.160. The van der Waals surface area contributed by atoms with Gasteiger partial charge in [-0.15, -0.1) is 0 Å². The first-order valence-electron chi connectivity index (χ1n) is 7.35. The first-order chi connectivity index (χ1) is 10.1. The van der Waals surface area contributed by atoms with Gasteiger partial charge in [0, 0.05) is 6.20 Å². The molecule has 0 bridgehead atoms. The smallest absolute Gasteiger partial charge is 0.261 e. The Morgan fingerprint density at radius 3 is 2.86 bits per heavy atom. The molecule has 0 spiro atoms. The van der Waals surface area contributed by atoms with Gasteiger partial charge < -0.3 is 10.3 Å². The van der Waals surface area contributed by atoms with Crippen molar-refractivity contribution in [1.29, 1.82) is 0 Å². The summed E-state index contributed by atoms with van der Waals surface area (Å²) in [5, 5.41) is 3.98. The quantitative estimate of drug-likeness (QED) is 0.940. The lowest BCUT2D eigenvalue weighted by atomic mass is 9.76. The van der Waals surface area contributed by atoms with Crippen LogP contribution in [0.3, 0.4) is 0 Å². The standard InChI is InChI=1S/C15H19FN4O/c1-2-10-3-6-15(17,7-4-10)14-19-13(21-20-14)11-5-8-18-9-12(11)16/h5,8-10H,2-4,6-7,17H2,1H3. The van der Waals surface area contributed by atoms with Crippen LogP contribution in [0.2, 0.25) is 0 Å². The topological polar surface area (TPSA) is 77.8 Å². The fraction of sp³-hybridized carbons (Fsp3) is 0.533. The monoisotopic (exact) mass is 290 g/mol. The Labute approximate surface area is 122 Å². The van der Waals surface area contributed by atoms with E-state index in [0.29, 0.717) is 5.82 Å². The summed E-state index contributed by atoms with van der Waals surface area (Å²) in [7, 11) is 0. The number of halogens is 1. The van der Waals surface area contributed by atoms with Crippen LogP contribution in [0.25, 0.3) is 11.5 Å². The Morgan fingerprint density at radius 2 is 2.19 bits per heavy atom. The summed E-state index contributed by atoms with van der Waals surface area (Å²) in [6.07, 6.45) is 7.61. The molecule has 0 saturated heterocycles. The van der Waals surface area contributed by atoms with Crippen molar-refractivity contribution in [2.75, 3.05) is 0 Å². The Bertz CT molecular complexity index is 620. The zero-order valence-corrected chi connectivity index (χ0v) is 12.1. The third kappa shape index (κ3) is 2.68. The first kappa shape index (κ1) is 14.1. The first-order valence-corrected chi connectivity index (χ1v) is 7.35. The van der Waals surface area contributed by atoms with E-state index in [9.17, 15) is 4.39 Å². The SMILES string of the molecule is CCC1CCC(N)(c2noc(-c3ccncc3F)n2)CC1. The van der Waals surface area contributed by atoms with E-state index in [1.54, 1.807) is 0 Å². The second-order valence-corrected chi connectivity index (χ2v) is 5.79. The second kappa shape index (κ2) is 5.52. The minimum atomic E-state index is -0.559. The molecule has 3 rings (SSSR count). The molecule has 1 aliphatic carbocycles. The summed E-state index contributed by atoms with van der Waals surface area (Å²) in [5.41, 5.74) is 6.14. The molecule has 0 aliphatic heterocycles. The maximum Gasteiger partial charge on any atom is 0.261 e. The average Bonchev–Trinajstić information content (AvgIpc) is 2.99. The number of nitrogens with two attached hydrogens (primary N) is 1. The lowest BCUT2D eigenvalue weighted by Crippen LogP contribution is -2.41. The minimum Gasteiger partial charge on any atom is -0.334 e. The van der Waals surface area contributed by atoms with E-state index in [4.69, 9.17) is 10.3 Å². The number of nitrogens with zero attached hydrogens (tertiary/aromatic N) is 3. The normalized spacial score (nSPS) is 26.0. The van der Waals surface area contributed by atoms with Crippen LogP contribution < -0.4 is 5.73 Å². The summed E-state index contributed by atoms with van der Waals surface area (Å²) in [5.74, 6) is 0.884. The number of rotatable bonds is 3. The van der Waals surface area contributed by atoms with Crippen LogP contribution in [0, 0.1) is 11.7 Å². The molecule has 0 radical (unpaired) electrons. The van der Waals surface area contributed by atoms with E-state index in [1.807, 2.05) is 0 Å². The van der Waals surface area contributed by atoms with Crippen LogP contribution in [0.4, 0.5) is 4.39 Å².